The van der Waals surface area contributed by atoms with E-state index in [1.54, 1.807) is 0 Å². The second kappa shape index (κ2) is 21.3. The van der Waals surface area contributed by atoms with Gasteiger partial charge in [-0.1, -0.05) is 36.4 Å². The van der Waals surface area contributed by atoms with Gasteiger partial charge < -0.3 is 27.9 Å². The molecule has 13 nitrogen and oxygen atoms in total. The largest absolute Gasteiger partial charge is 0.466 e. The van der Waals surface area contributed by atoms with Gasteiger partial charge in [0, 0.05) is 38.9 Å². The summed E-state index contributed by atoms with van der Waals surface area (Å²) in [6, 6.07) is 24.6. The second-order valence-corrected chi connectivity index (χ2v) is 14.4. The third-order valence-electron chi connectivity index (χ3n) is 10.2. The Kier molecular flexibility index (Phi) is 15.4. The van der Waals surface area contributed by atoms with Crippen molar-refractivity contribution in [2.24, 2.45) is 0 Å². The van der Waals surface area contributed by atoms with E-state index in [9.17, 15) is 14.4 Å². The molecule has 0 fully saturated rings. The van der Waals surface area contributed by atoms with Gasteiger partial charge in [0.1, 0.15) is 17.5 Å². The molecule has 0 N–H and O–H groups in total. The lowest BCUT2D eigenvalue weighted by Gasteiger charge is -2.23. The van der Waals surface area contributed by atoms with Crippen LogP contribution in [0.2, 0.25) is 0 Å². The van der Waals surface area contributed by atoms with E-state index in [1.165, 1.54) is 0 Å². The highest BCUT2D eigenvalue weighted by Crippen LogP contribution is 2.25. The Labute approximate surface area is 340 Å². The van der Waals surface area contributed by atoms with Gasteiger partial charge in [0.05, 0.1) is 72.6 Å². The van der Waals surface area contributed by atoms with Gasteiger partial charge in [-0.3, -0.25) is 19.3 Å². The number of aryl methyl sites for hydroxylation is 3. The first-order chi connectivity index (χ1) is 28.4. The van der Waals surface area contributed by atoms with Crippen LogP contribution in [-0.4, -0.2) is 71.3 Å². The molecule has 58 heavy (non-hydrogen) atoms. The molecule has 0 amide bonds. The van der Waals surface area contributed by atoms with Crippen LogP contribution in [0.4, 0.5) is 0 Å². The number of imidazole rings is 3. The van der Waals surface area contributed by atoms with Gasteiger partial charge in [0.2, 0.25) is 0 Å². The number of benzene rings is 3. The fourth-order valence-corrected chi connectivity index (χ4v) is 7.57. The Hall–Kier alpha value is -5.56. The standard InChI is InChI=1S/C45H57N7O6/c1-4-56-43(53)25-13-16-28-50-37-22-10-7-19-34(37)46-40(50)31-49(32-41-47-35-20-8-11-23-38(35)51(41)29-17-14-26-44(54)57-5-2)33-42-48-36-21-9-12-24-39(36)52(42)30-18-15-27-45(55)58-6-3/h7-12,19-24H,4-6,13-18,25-33H2,1-3H3. The van der Waals surface area contributed by atoms with Crippen LogP contribution in [0.25, 0.3) is 33.1 Å². The van der Waals surface area contributed by atoms with Crippen molar-refractivity contribution in [3.63, 3.8) is 0 Å². The molecule has 0 unspecified atom stereocenters. The molecule has 3 heterocycles. The Morgan fingerprint density at radius 3 is 1.05 bits per heavy atom. The maximum atomic E-state index is 12.1. The number of para-hydroxylation sites is 6. The summed E-state index contributed by atoms with van der Waals surface area (Å²) < 4.78 is 22.4. The van der Waals surface area contributed by atoms with Crippen molar-refractivity contribution in [3.05, 3.63) is 90.3 Å². The van der Waals surface area contributed by atoms with Crippen molar-refractivity contribution >= 4 is 51.0 Å². The monoisotopic (exact) mass is 791 g/mol. The van der Waals surface area contributed by atoms with E-state index in [1.807, 2.05) is 75.4 Å². The summed E-state index contributed by atoms with van der Waals surface area (Å²) in [5, 5.41) is 0. The van der Waals surface area contributed by atoms with Gasteiger partial charge in [-0.15, -0.1) is 0 Å². The van der Waals surface area contributed by atoms with Crippen LogP contribution in [-0.2, 0) is 67.9 Å². The first-order valence-corrected chi connectivity index (χ1v) is 20.9. The zero-order valence-corrected chi connectivity index (χ0v) is 34.2. The third kappa shape index (κ3) is 11.1. The number of nitrogens with zero attached hydrogens (tertiary/aromatic N) is 7. The minimum atomic E-state index is -0.169. The highest BCUT2D eigenvalue weighted by molar-refractivity contribution is 5.77. The molecule has 308 valence electrons. The molecular formula is C45H57N7O6. The van der Waals surface area contributed by atoms with E-state index in [0.29, 0.717) is 78.4 Å². The Bertz CT molecular complexity index is 2020. The summed E-state index contributed by atoms with van der Waals surface area (Å²) in [5.74, 6) is 2.26. The minimum absolute atomic E-state index is 0.169. The smallest absolute Gasteiger partial charge is 0.305 e. The van der Waals surface area contributed by atoms with Gasteiger partial charge in [-0.05, 0) is 95.7 Å². The zero-order chi connectivity index (χ0) is 40.7. The molecule has 0 aliphatic heterocycles. The van der Waals surface area contributed by atoms with Crippen molar-refractivity contribution in [3.8, 4) is 0 Å². The summed E-state index contributed by atoms with van der Waals surface area (Å²) in [4.78, 5) is 54.3. The maximum absolute atomic E-state index is 12.1. The van der Waals surface area contributed by atoms with Crippen LogP contribution in [0, 0.1) is 0 Å². The normalized spacial score (nSPS) is 11.6. The molecule has 0 radical (unpaired) electrons. The molecule has 0 aliphatic carbocycles. The van der Waals surface area contributed by atoms with Gasteiger partial charge >= 0.3 is 17.9 Å². The predicted molar refractivity (Wildman–Crippen MR) is 224 cm³/mol. The van der Waals surface area contributed by atoms with Crippen molar-refractivity contribution in [1.82, 2.24) is 33.6 Å². The zero-order valence-electron chi connectivity index (χ0n) is 34.2. The lowest BCUT2D eigenvalue weighted by atomic mass is 10.2. The molecule has 0 saturated heterocycles. The van der Waals surface area contributed by atoms with Crippen LogP contribution in [0.15, 0.2) is 72.8 Å². The number of unbranched alkanes of at least 4 members (excludes halogenated alkanes) is 3. The average molecular weight is 792 g/mol. The quantitative estimate of drug-likeness (QED) is 0.0336. The Morgan fingerprint density at radius 1 is 0.466 bits per heavy atom. The number of esters is 3. The third-order valence-corrected chi connectivity index (χ3v) is 10.2. The van der Waals surface area contributed by atoms with Gasteiger partial charge in [-0.2, -0.15) is 0 Å². The second-order valence-electron chi connectivity index (χ2n) is 14.4. The molecule has 3 aromatic heterocycles. The predicted octanol–water partition coefficient (Wildman–Crippen LogP) is 8.14. The van der Waals surface area contributed by atoms with Crippen molar-refractivity contribution in [2.45, 2.75) is 118 Å². The fourth-order valence-electron chi connectivity index (χ4n) is 7.57. The van der Waals surface area contributed by atoms with Crippen LogP contribution >= 0.6 is 0 Å². The average Bonchev–Trinajstić information content (AvgIpc) is 3.87. The van der Waals surface area contributed by atoms with Gasteiger partial charge in [-0.25, -0.2) is 15.0 Å². The minimum Gasteiger partial charge on any atom is -0.466 e. The number of rotatable bonds is 24. The molecule has 0 bridgehead atoms. The number of fused-ring (bicyclic) bond motifs is 3. The molecule has 13 heteroatoms. The first-order valence-electron chi connectivity index (χ1n) is 20.9. The van der Waals surface area contributed by atoms with Crippen LogP contribution < -0.4 is 0 Å². The van der Waals surface area contributed by atoms with Crippen molar-refractivity contribution in [2.75, 3.05) is 19.8 Å². The van der Waals surface area contributed by atoms with E-state index >= 15 is 0 Å². The molecule has 0 aliphatic rings. The van der Waals surface area contributed by atoms with Gasteiger partial charge in [0.25, 0.3) is 0 Å². The maximum Gasteiger partial charge on any atom is 0.305 e. The summed E-state index contributed by atoms with van der Waals surface area (Å²) in [6.45, 7) is 10.3. The Balaban J connectivity index is 1.33. The highest BCUT2D eigenvalue weighted by Gasteiger charge is 2.22. The van der Waals surface area contributed by atoms with Crippen LogP contribution in [0.3, 0.4) is 0 Å². The molecular weight excluding hydrogens is 735 g/mol. The number of hydrogen-bond acceptors (Lipinski definition) is 10. The number of hydrogen-bond donors (Lipinski definition) is 0. The topological polar surface area (TPSA) is 136 Å². The summed E-state index contributed by atoms with van der Waals surface area (Å²) in [6.07, 6.45) is 5.70. The van der Waals surface area contributed by atoms with Gasteiger partial charge in [0.15, 0.2) is 0 Å². The SMILES string of the molecule is CCOC(=O)CCCCn1c(CN(Cc2nc3ccccc3n2CCCCC(=O)OCC)Cc2nc3ccccc3n2CCCCC(=O)OCC)nc2ccccc21. The number of carbonyl (C=O) groups excluding carboxylic acids is 3. The molecule has 6 rings (SSSR count). The fraction of sp³-hybridized carbons (Fsp3) is 0.467. The van der Waals surface area contributed by atoms with E-state index in [2.05, 4.69) is 36.8 Å². The lowest BCUT2D eigenvalue weighted by Crippen LogP contribution is -2.28. The molecule has 0 spiro atoms. The highest BCUT2D eigenvalue weighted by atomic mass is 16.5. The number of ether oxygens (including phenoxy) is 3. The molecule has 3 aromatic carbocycles. The summed E-state index contributed by atoms with van der Waals surface area (Å²) >= 11 is 0. The Morgan fingerprint density at radius 2 is 0.759 bits per heavy atom. The molecule has 0 atom stereocenters. The van der Waals surface area contributed by atoms with Crippen LogP contribution in [0.5, 0.6) is 0 Å². The first kappa shape index (κ1) is 42.1. The molecule has 6 aromatic rings. The molecule has 0 saturated carbocycles. The van der Waals surface area contributed by atoms with Crippen molar-refractivity contribution < 1.29 is 28.6 Å². The van der Waals surface area contributed by atoms with E-state index in [0.717, 1.165) is 89.1 Å². The number of carbonyl (C=O) groups is 3. The summed E-state index contributed by atoms with van der Waals surface area (Å²) in [5.41, 5.74) is 5.92. The van der Waals surface area contributed by atoms with E-state index in [-0.39, 0.29) is 17.9 Å². The van der Waals surface area contributed by atoms with E-state index < -0.39 is 0 Å². The van der Waals surface area contributed by atoms with Crippen LogP contribution in [0.1, 0.15) is 96.0 Å². The summed E-state index contributed by atoms with van der Waals surface area (Å²) in [7, 11) is 0. The van der Waals surface area contributed by atoms with E-state index in [4.69, 9.17) is 29.2 Å². The number of aromatic nitrogens is 6. The van der Waals surface area contributed by atoms with Crippen molar-refractivity contribution in [1.29, 1.82) is 0 Å². The lowest BCUT2D eigenvalue weighted by molar-refractivity contribution is -0.144.